The SMILES string of the molecule is CNC(c1cnnn1C)C1CCCCS1(=O)=O. The standard InChI is InChI=1S/C10H18N4O2S/c1-11-10(8-7-12-13-14(8)2)9-5-3-4-6-17(9,15)16/h7,9-11H,3-6H2,1-2H3. The molecule has 2 atom stereocenters. The van der Waals surface area contributed by atoms with Crippen LogP contribution in [0.1, 0.15) is 31.0 Å². The van der Waals surface area contributed by atoms with Gasteiger partial charge in [-0.2, -0.15) is 0 Å². The summed E-state index contributed by atoms with van der Waals surface area (Å²) in [7, 11) is 0.550. The summed E-state index contributed by atoms with van der Waals surface area (Å²) in [6, 6.07) is -0.222. The Morgan fingerprint density at radius 3 is 2.82 bits per heavy atom. The number of sulfone groups is 1. The maximum Gasteiger partial charge on any atom is 0.155 e. The smallest absolute Gasteiger partial charge is 0.155 e. The van der Waals surface area contributed by atoms with Crippen molar-refractivity contribution < 1.29 is 8.42 Å². The molecule has 0 amide bonds. The second-order valence-electron chi connectivity index (χ2n) is 4.45. The minimum absolute atomic E-state index is 0.222. The Morgan fingerprint density at radius 2 is 2.29 bits per heavy atom. The Labute approximate surface area is 101 Å². The van der Waals surface area contributed by atoms with Crippen molar-refractivity contribution in [2.45, 2.75) is 30.6 Å². The number of aromatic nitrogens is 3. The van der Waals surface area contributed by atoms with Gasteiger partial charge in [0.2, 0.25) is 0 Å². The Balaban J connectivity index is 2.33. The molecule has 7 heteroatoms. The molecule has 0 bridgehead atoms. The molecule has 0 saturated carbocycles. The van der Waals surface area contributed by atoms with Crippen molar-refractivity contribution in [3.63, 3.8) is 0 Å². The van der Waals surface area contributed by atoms with Gasteiger partial charge in [-0.3, -0.25) is 4.68 Å². The van der Waals surface area contributed by atoms with Crippen molar-refractivity contribution in [1.29, 1.82) is 0 Å². The number of hydrogen-bond donors (Lipinski definition) is 1. The highest BCUT2D eigenvalue weighted by Crippen LogP contribution is 2.29. The fourth-order valence-corrected chi connectivity index (χ4v) is 4.58. The fraction of sp³-hybridized carbons (Fsp3) is 0.800. The Hall–Kier alpha value is -0.950. The summed E-state index contributed by atoms with van der Waals surface area (Å²) in [5, 5.41) is 10.4. The highest BCUT2D eigenvalue weighted by molar-refractivity contribution is 7.92. The molecular weight excluding hydrogens is 240 g/mol. The van der Waals surface area contributed by atoms with Gasteiger partial charge in [-0.15, -0.1) is 5.10 Å². The lowest BCUT2D eigenvalue weighted by molar-refractivity contribution is 0.450. The number of nitrogens with one attached hydrogen (secondary N) is 1. The maximum atomic E-state index is 12.1. The normalized spacial score (nSPS) is 25.6. The molecule has 17 heavy (non-hydrogen) atoms. The van der Waals surface area contributed by atoms with Crippen molar-refractivity contribution >= 4 is 9.84 Å². The lowest BCUT2D eigenvalue weighted by atomic mass is 10.0. The van der Waals surface area contributed by atoms with E-state index in [0.717, 1.165) is 18.5 Å². The molecule has 1 aliphatic rings. The first-order valence-electron chi connectivity index (χ1n) is 5.79. The van der Waals surface area contributed by atoms with Gasteiger partial charge in [-0.1, -0.05) is 11.6 Å². The Kier molecular flexibility index (Phi) is 3.48. The largest absolute Gasteiger partial charge is 0.311 e. The van der Waals surface area contributed by atoms with Crippen LogP contribution in [-0.4, -0.2) is 41.5 Å². The average molecular weight is 258 g/mol. The van der Waals surface area contributed by atoms with E-state index in [1.54, 1.807) is 25.0 Å². The van der Waals surface area contributed by atoms with Gasteiger partial charge in [0.15, 0.2) is 9.84 Å². The van der Waals surface area contributed by atoms with Gasteiger partial charge in [-0.05, 0) is 19.9 Å². The van der Waals surface area contributed by atoms with Crippen LogP contribution >= 0.6 is 0 Å². The van der Waals surface area contributed by atoms with E-state index in [1.807, 2.05) is 0 Å². The first kappa shape index (κ1) is 12.5. The van der Waals surface area contributed by atoms with E-state index in [2.05, 4.69) is 15.6 Å². The molecule has 2 rings (SSSR count). The summed E-state index contributed by atoms with van der Waals surface area (Å²) in [4.78, 5) is 0. The molecule has 96 valence electrons. The molecule has 0 spiro atoms. The minimum atomic E-state index is -3.01. The number of hydrogen-bond acceptors (Lipinski definition) is 5. The van der Waals surface area contributed by atoms with Gasteiger partial charge in [0, 0.05) is 7.05 Å². The van der Waals surface area contributed by atoms with E-state index in [9.17, 15) is 8.42 Å². The molecule has 0 radical (unpaired) electrons. The topological polar surface area (TPSA) is 76.9 Å². The van der Waals surface area contributed by atoms with Crippen molar-refractivity contribution in [2.75, 3.05) is 12.8 Å². The van der Waals surface area contributed by atoms with E-state index >= 15 is 0 Å². The summed E-state index contributed by atoms with van der Waals surface area (Å²) in [5.74, 6) is 0.293. The van der Waals surface area contributed by atoms with Gasteiger partial charge in [-0.25, -0.2) is 8.42 Å². The van der Waals surface area contributed by atoms with Crippen molar-refractivity contribution in [3.8, 4) is 0 Å². The number of rotatable bonds is 3. The molecule has 0 aromatic carbocycles. The molecule has 1 aliphatic heterocycles. The van der Waals surface area contributed by atoms with E-state index in [1.165, 1.54) is 0 Å². The van der Waals surface area contributed by atoms with E-state index in [4.69, 9.17) is 0 Å². The Morgan fingerprint density at radius 1 is 1.53 bits per heavy atom. The highest BCUT2D eigenvalue weighted by atomic mass is 32.2. The lowest BCUT2D eigenvalue weighted by Gasteiger charge is -2.29. The molecular formula is C10H18N4O2S. The third-order valence-corrected chi connectivity index (χ3v) is 5.67. The zero-order chi connectivity index (χ0) is 12.5. The molecule has 0 aliphatic carbocycles. The third kappa shape index (κ3) is 2.35. The van der Waals surface area contributed by atoms with Crippen LogP contribution in [-0.2, 0) is 16.9 Å². The van der Waals surface area contributed by atoms with Crippen LogP contribution in [0.4, 0.5) is 0 Å². The van der Waals surface area contributed by atoms with Crippen molar-refractivity contribution in [2.24, 2.45) is 7.05 Å². The van der Waals surface area contributed by atoms with E-state index in [-0.39, 0.29) is 11.3 Å². The molecule has 1 aromatic heterocycles. The molecule has 1 N–H and O–H groups in total. The van der Waals surface area contributed by atoms with Crippen LogP contribution in [0.5, 0.6) is 0 Å². The fourth-order valence-electron chi connectivity index (χ4n) is 2.46. The summed E-state index contributed by atoms with van der Waals surface area (Å²) in [5.41, 5.74) is 0.822. The minimum Gasteiger partial charge on any atom is -0.311 e. The van der Waals surface area contributed by atoms with Crippen LogP contribution in [0.15, 0.2) is 6.20 Å². The Bertz CT molecular complexity index is 482. The van der Waals surface area contributed by atoms with E-state index < -0.39 is 9.84 Å². The summed E-state index contributed by atoms with van der Waals surface area (Å²) >= 11 is 0. The van der Waals surface area contributed by atoms with Gasteiger partial charge in [0.25, 0.3) is 0 Å². The number of nitrogens with zero attached hydrogens (tertiary/aromatic N) is 3. The number of aryl methyl sites for hydroxylation is 1. The molecule has 2 heterocycles. The zero-order valence-electron chi connectivity index (χ0n) is 10.1. The third-order valence-electron chi connectivity index (χ3n) is 3.38. The van der Waals surface area contributed by atoms with E-state index in [0.29, 0.717) is 12.2 Å². The highest BCUT2D eigenvalue weighted by Gasteiger charge is 2.36. The van der Waals surface area contributed by atoms with Crippen molar-refractivity contribution in [1.82, 2.24) is 20.3 Å². The van der Waals surface area contributed by atoms with Gasteiger partial charge >= 0.3 is 0 Å². The maximum absolute atomic E-state index is 12.1. The summed E-state index contributed by atoms with van der Waals surface area (Å²) in [6.45, 7) is 0. The summed E-state index contributed by atoms with van der Waals surface area (Å²) < 4.78 is 25.8. The first-order valence-corrected chi connectivity index (χ1v) is 7.51. The first-order chi connectivity index (χ1) is 8.06. The van der Waals surface area contributed by atoms with Crippen LogP contribution in [0.2, 0.25) is 0 Å². The van der Waals surface area contributed by atoms with Gasteiger partial charge in [0.1, 0.15) is 0 Å². The lowest BCUT2D eigenvalue weighted by Crippen LogP contribution is -2.40. The van der Waals surface area contributed by atoms with Crippen LogP contribution in [0.25, 0.3) is 0 Å². The van der Waals surface area contributed by atoms with Crippen LogP contribution in [0.3, 0.4) is 0 Å². The second kappa shape index (κ2) is 4.73. The zero-order valence-corrected chi connectivity index (χ0v) is 10.9. The quantitative estimate of drug-likeness (QED) is 0.828. The second-order valence-corrected chi connectivity index (χ2v) is 6.79. The molecule has 1 saturated heterocycles. The molecule has 1 fully saturated rings. The average Bonchev–Trinajstić information content (AvgIpc) is 2.68. The molecule has 2 unspecified atom stereocenters. The van der Waals surface area contributed by atoms with Gasteiger partial charge in [0.05, 0.1) is 28.9 Å². The van der Waals surface area contributed by atoms with Crippen molar-refractivity contribution in [3.05, 3.63) is 11.9 Å². The van der Waals surface area contributed by atoms with Crippen LogP contribution in [0, 0.1) is 0 Å². The van der Waals surface area contributed by atoms with Gasteiger partial charge < -0.3 is 5.32 Å². The molecule has 6 nitrogen and oxygen atoms in total. The van der Waals surface area contributed by atoms with Crippen LogP contribution < -0.4 is 5.32 Å². The molecule has 1 aromatic rings. The summed E-state index contributed by atoms with van der Waals surface area (Å²) in [6.07, 6.45) is 4.08. The monoisotopic (exact) mass is 258 g/mol. The predicted molar refractivity (Wildman–Crippen MR) is 64.2 cm³/mol. The predicted octanol–water partition coefficient (Wildman–Crippen LogP) is 0.0429.